The fourth-order valence-corrected chi connectivity index (χ4v) is 6.45. The molecule has 2 heterocycles. The van der Waals surface area contributed by atoms with Gasteiger partial charge in [-0.1, -0.05) is 50.7 Å². The number of aryl methyl sites for hydroxylation is 1. The smallest absolute Gasteiger partial charge is 0.244 e. The average molecular weight is 420 g/mol. The SMILES string of the molecule is Cc1ccoc1-c1nc2ccccc2n1C(C(N)=O)(C1CCCCC1)C1CCCCC1. The molecule has 0 saturated heterocycles. The number of hydrogen-bond donors (Lipinski definition) is 1. The Morgan fingerprint density at radius 3 is 2.16 bits per heavy atom. The zero-order valence-electron chi connectivity index (χ0n) is 18.5. The second-order valence-corrected chi connectivity index (χ2v) is 9.55. The van der Waals surface area contributed by atoms with Gasteiger partial charge in [0.15, 0.2) is 11.6 Å². The van der Waals surface area contributed by atoms with Gasteiger partial charge in [0.1, 0.15) is 5.54 Å². The largest absolute Gasteiger partial charge is 0.461 e. The topological polar surface area (TPSA) is 74.1 Å². The maximum atomic E-state index is 13.7. The first-order valence-corrected chi connectivity index (χ1v) is 12.0. The van der Waals surface area contributed by atoms with Gasteiger partial charge in [-0.15, -0.1) is 0 Å². The first-order chi connectivity index (χ1) is 15.1. The van der Waals surface area contributed by atoms with E-state index in [2.05, 4.69) is 10.6 Å². The molecule has 0 unspecified atom stereocenters. The molecule has 0 bridgehead atoms. The van der Waals surface area contributed by atoms with Gasteiger partial charge in [-0.05, 0) is 68.2 Å². The van der Waals surface area contributed by atoms with Crippen LogP contribution in [0.1, 0.15) is 69.8 Å². The Balaban J connectivity index is 1.84. The van der Waals surface area contributed by atoms with Crippen molar-refractivity contribution in [1.29, 1.82) is 0 Å². The van der Waals surface area contributed by atoms with E-state index in [1.54, 1.807) is 6.26 Å². The van der Waals surface area contributed by atoms with Gasteiger partial charge in [-0.25, -0.2) is 4.98 Å². The van der Waals surface area contributed by atoms with E-state index in [0.29, 0.717) is 0 Å². The molecule has 0 spiro atoms. The van der Waals surface area contributed by atoms with Crippen molar-refractivity contribution in [3.8, 4) is 11.6 Å². The molecule has 5 rings (SSSR count). The van der Waals surface area contributed by atoms with Crippen molar-refractivity contribution in [3.63, 3.8) is 0 Å². The highest BCUT2D eigenvalue weighted by atomic mass is 16.3. The molecular weight excluding hydrogens is 386 g/mol. The molecule has 164 valence electrons. The fraction of sp³-hybridized carbons (Fsp3) is 0.538. The number of rotatable bonds is 5. The van der Waals surface area contributed by atoms with Crippen molar-refractivity contribution in [2.75, 3.05) is 0 Å². The van der Waals surface area contributed by atoms with E-state index in [9.17, 15) is 4.79 Å². The first-order valence-electron chi connectivity index (χ1n) is 12.0. The van der Waals surface area contributed by atoms with E-state index in [0.717, 1.165) is 79.5 Å². The molecule has 0 radical (unpaired) electrons. The van der Waals surface area contributed by atoms with Crippen LogP contribution in [0.25, 0.3) is 22.6 Å². The Morgan fingerprint density at radius 2 is 1.61 bits per heavy atom. The molecule has 2 fully saturated rings. The minimum Gasteiger partial charge on any atom is -0.461 e. The molecule has 5 nitrogen and oxygen atoms in total. The molecule has 0 aliphatic heterocycles. The highest BCUT2D eigenvalue weighted by molar-refractivity contribution is 5.89. The van der Waals surface area contributed by atoms with Crippen LogP contribution >= 0.6 is 0 Å². The zero-order valence-corrected chi connectivity index (χ0v) is 18.5. The number of imidazole rings is 1. The number of benzene rings is 1. The summed E-state index contributed by atoms with van der Waals surface area (Å²) in [6.07, 6.45) is 13.0. The standard InChI is InChI=1S/C26H33N3O2/c1-18-16-17-31-23(18)24-28-21-14-8-9-15-22(21)29(24)26(25(27)30,19-10-4-2-5-11-19)20-12-6-3-7-13-20/h8-9,14-17,19-20H,2-7,10-13H2,1H3,(H2,27,30). The Kier molecular flexibility index (Phi) is 5.37. The van der Waals surface area contributed by atoms with E-state index in [1.165, 1.54) is 12.8 Å². The van der Waals surface area contributed by atoms with Crippen LogP contribution in [0.5, 0.6) is 0 Å². The maximum Gasteiger partial charge on any atom is 0.244 e. The van der Waals surface area contributed by atoms with Gasteiger partial charge in [0.25, 0.3) is 0 Å². The summed E-state index contributed by atoms with van der Waals surface area (Å²) in [5.41, 5.74) is 8.60. The van der Waals surface area contributed by atoms with Gasteiger partial charge in [0, 0.05) is 0 Å². The van der Waals surface area contributed by atoms with Gasteiger partial charge in [-0.2, -0.15) is 0 Å². The molecule has 2 aromatic heterocycles. The van der Waals surface area contributed by atoms with Gasteiger partial charge >= 0.3 is 0 Å². The number of carbonyl (C=O) groups excluding carboxylic acids is 1. The maximum absolute atomic E-state index is 13.7. The van der Waals surface area contributed by atoms with Crippen LogP contribution in [0, 0.1) is 18.8 Å². The number of hydrogen-bond acceptors (Lipinski definition) is 3. The van der Waals surface area contributed by atoms with E-state index < -0.39 is 5.54 Å². The number of fused-ring (bicyclic) bond motifs is 1. The molecule has 1 amide bonds. The molecule has 2 aliphatic rings. The minimum absolute atomic E-state index is 0.195. The van der Waals surface area contributed by atoms with Crippen molar-refractivity contribution in [1.82, 2.24) is 9.55 Å². The third-order valence-corrected chi connectivity index (χ3v) is 7.85. The summed E-state index contributed by atoms with van der Waals surface area (Å²) in [6, 6.07) is 10.1. The predicted molar refractivity (Wildman–Crippen MR) is 122 cm³/mol. The van der Waals surface area contributed by atoms with Gasteiger partial charge in [0.05, 0.1) is 17.3 Å². The second kappa shape index (κ2) is 8.18. The summed E-state index contributed by atoms with van der Waals surface area (Å²) in [4.78, 5) is 18.7. The summed E-state index contributed by atoms with van der Waals surface area (Å²) in [5, 5.41) is 0. The normalized spacial score (nSPS) is 19.1. The van der Waals surface area contributed by atoms with Gasteiger partial charge in [-0.3, -0.25) is 4.79 Å². The Hall–Kier alpha value is -2.56. The van der Waals surface area contributed by atoms with Crippen molar-refractivity contribution in [2.45, 2.75) is 76.7 Å². The Morgan fingerprint density at radius 1 is 1.00 bits per heavy atom. The highest BCUT2D eigenvalue weighted by Crippen LogP contribution is 2.50. The molecule has 2 N–H and O–H groups in total. The second-order valence-electron chi connectivity index (χ2n) is 9.55. The number of aromatic nitrogens is 2. The van der Waals surface area contributed by atoms with Crippen molar-refractivity contribution in [3.05, 3.63) is 42.2 Å². The molecule has 3 aromatic rings. The third kappa shape index (κ3) is 3.20. The molecule has 2 aliphatic carbocycles. The number of nitrogens with zero attached hydrogens (tertiary/aromatic N) is 2. The summed E-state index contributed by atoms with van der Waals surface area (Å²) >= 11 is 0. The number of furan rings is 1. The monoisotopic (exact) mass is 419 g/mol. The van der Waals surface area contributed by atoms with Crippen LogP contribution in [0.4, 0.5) is 0 Å². The third-order valence-electron chi connectivity index (χ3n) is 7.85. The zero-order chi connectivity index (χ0) is 21.4. The van der Waals surface area contributed by atoms with Crippen LogP contribution in [-0.2, 0) is 10.3 Å². The summed E-state index contributed by atoms with van der Waals surface area (Å²) in [5.74, 6) is 1.76. The van der Waals surface area contributed by atoms with E-state index in [4.69, 9.17) is 15.1 Å². The lowest BCUT2D eigenvalue weighted by Gasteiger charge is -2.48. The van der Waals surface area contributed by atoms with Gasteiger partial charge < -0.3 is 14.7 Å². The Labute approximate surface area is 184 Å². The number of amides is 1. The highest BCUT2D eigenvalue weighted by Gasteiger charge is 2.53. The average Bonchev–Trinajstić information content (AvgIpc) is 3.39. The lowest BCUT2D eigenvalue weighted by Crippen LogP contribution is -2.58. The Bertz CT molecular complexity index is 1050. The van der Waals surface area contributed by atoms with Crippen LogP contribution in [0.15, 0.2) is 41.0 Å². The molecule has 5 heteroatoms. The van der Waals surface area contributed by atoms with Crippen molar-refractivity contribution < 1.29 is 9.21 Å². The molecule has 31 heavy (non-hydrogen) atoms. The van der Waals surface area contributed by atoms with E-state index in [1.807, 2.05) is 31.2 Å². The molecular formula is C26H33N3O2. The summed E-state index contributed by atoms with van der Waals surface area (Å²) < 4.78 is 8.16. The van der Waals surface area contributed by atoms with Crippen LogP contribution in [0.3, 0.4) is 0 Å². The van der Waals surface area contributed by atoms with Crippen LogP contribution in [-0.4, -0.2) is 15.5 Å². The fourth-order valence-electron chi connectivity index (χ4n) is 6.45. The number of nitrogens with two attached hydrogens (primary N) is 1. The van der Waals surface area contributed by atoms with Crippen molar-refractivity contribution in [2.24, 2.45) is 17.6 Å². The minimum atomic E-state index is -0.772. The molecule has 2 saturated carbocycles. The number of primary amides is 1. The van der Waals surface area contributed by atoms with E-state index in [-0.39, 0.29) is 17.7 Å². The lowest BCUT2D eigenvalue weighted by molar-refractivity contribution is -0.135. The summed E-state index contributed by atoms with van der Waals surface area (Å²) in [6.45, 7) is 2.04. The number of carbonyl (C=O) groups is 1. The van der Waals surface area contributed by atoms with Crippen LogP contribution < -0.4 is 5.73 Å². The molecule has 1 aromatic carbocycles. The lowest BCUT2D eigenvalue weighted by atomic mass is 9.63. The van der Waals surface area contributed by atoms with E-state index >= 15 is 0 Å². The van der Waals surface area contributed by atoms with Gasteiger partial charge in [0.2, 0.25) is 5.91 Å². The predicted octanol–water partition coefficient (Wildman–Crippen LogP) is 5.95. The molecule has 0 atom stereocenters. The van der Waals surface area contributed by atoms with Crippen LogP contribution in [0.2, 0.25) is 0 Å². The quantitative estimate of drug-likeness (QED) is 0.555. The first kappa shape index (κ1) is 20.3. The summed E-state index contributed by atoms with van der Waals surface area (Å²) in [7, 11) is 0. The van der Waals surface area contributed by atoms with Crippen molar-refractivity contribution >= 4 is 16.9 Å². The number of para-hydroxylation sites is 2.